The molecule has 28 heavy (non-hydrogen) atoms. The van der Waals surface area contributed by atoms with E-state index in [1.54, 1.807) is 17.0 Å². The van der Waals surface area contributed by atoms with Crippen LogP contribution in [0.1, 0.15) is 39.2 Å². The average Bonchev–Trinajstić information content (AvgIpc) is 2.97. The van der Waals surface area contributed by atoms with E-state index in [2.05, 4.69) is 4.90 Å². The molecule has 156 valence electrons. The second kappa shape index (κ2) is 8.78. The summed E-state index contributed by atoms with van der Waals surface area (Å²) in [5, 5.41) is 0. The van der Waals surface area contributed by atoms with Gasteiger partial charge < -0.3 is 20.3 Å². The molecule has 2 fully saturated rings. The highest BCUT2D eigenvalue weighted by Crippen LogP contribution is 2.25. The molecule has 0 bridgehead atoms. The van der Waals surface area contributed by atoms with Crippen molar-refractivity contribution in [2.24, 2.45) is 17.6 Å². The van der Waals surface area contributed by atoms with Crippen molar-refractivity contribution < 1.29 is 13.9 Å². The summed E-state index contributed by atoms with van der Waals surface area (Å²) in [6.45, 7) is 9.90. The van der Waals surface area contributed by atoms with E-state index in [-0.39, 0.29) is 23.9 Å². The van der Waals surface area contributed by atoms with Gasteiger partial charge in [-0.25, -0.2) is 9.18 Å². The van der Waals surface area contributed by atoms with Gasteiger partial charge in [0.1, 0.15) is 11.4 Å². The fourth-order valence-corrected chi connectivity index (χ4v) is 4.33. The zero-order valence-corrected chi connectivity index (χ0v) is 17.4. The maximum Gasteiger partial charge on any atom is 0.410 e. The van der Waals surface area contributed by atoms with Gasteiger partial charge in [-0.05, 0) is 70.2 Å². The summed E-state index contributed by atoms with van der Waals surface area (Å²) < 4.78 is 18.6. The minimum absolute atomic E-state index is 0.00927. The van der Waals surface area contributed by atoms with Crippen molar-refractivity contribution in [3.05, 3.63) is 35.6 Å². The van der Waals surface area contributed by atoms with Crippen molar-refractivity contribution in [1.29, 1.82) is 0 Å². The van der Waals surface area contributed by atoms with Crippen LogP contribution in [0.3, 0.4) is 0 Å². The fourth-order valence-electron chi connectivity index (χ4n) is 4.33. The summed E-state index contributed by atoms with van der Waals surface area (Å²) in [6.07, 6.45) is 3.09. The number of hydrogen-bond donors (Lipinski definition) is 1. The molecule has 2 aliphatic rings. The first-order valence-corrected chi connectivity index (χ1v) is 10.4. The zero-order valence-electron chi connectivity index (χ0n) is 17.4. The zero-order chi connectivity index (χ0) is 20.3. The van der Waals surface area contributed by atoms with E-state index in [1.165, 1.54) is 18.4 Å². The number of ether oxygens (including phenoxy) is 1. The highest BCUT2D eigenvalue weighted by Gasteiger charge is 2.36. The Bertz CT molecular complexity index is 659. The molecule has 1 aromatic carbocycles. The van der Waals surface area contributed by atoms with E-state index in [1.807, 2.05) is 32.9 Å². The second-order valence-electron chi connectivity index (χ2n) is 9.41. The summed E-state index contributed by atoms with van der Waals surface area (Å²) in [7, 11) is 0. The molecule has 2 heterocycles. The van der Waals surface area contributed by atoms with E-state index in [4.69, 9.17) is 10.5 Å². The van der Waals surface area contributed by atoms with E-state index >= 15 is 0 Å². The normalized spacial score (nSPS) is 26.5. The Hall–Kier alpha value is -1.66. The molecule has 2 aliphatic heterocycles. The first kappa shape index (κ1) is 21.1. The molecule has 3 atom stereocenters. The molecule has 0 aliphatic carbocycles. The highest BCUT2D eigenvalue weighted by atomic mass is 19.1. The third-order valence-corrected chi connectivity index (χ3v) is 5.68. The molecule has 1 unspecified atom stereocenters. The van der Waals surface area contributed by atoms with Crippen LogP contribution >= 0.6 is 0 Å². The van der Waals surface area contributed by atoms with Crippen molar-refractivity contribution in [3.63, 3.8) is 0 Å². The third-order valence-electron chi connectivity index (χ3n) is 5.68. The molecular weight excluding hydrogens is 357 g/mol. The van der Waals surface area contributed by atoms with Crippen molar-refractivity contribution >= 4 is 6.09 Å². The lowest BCUT2D eigenvalue weighted by Gasteiger charge is -2.35. The quantitative estimate of drug-likeness (QED) is 0.856. The van der Waals surface area contributed by atoms with Crippen LogP contribution in [-0.2, 0) is 11.2 Å². The van der Waals surface area contributed by atoms with Gasteiger partial charge in [0.2, 0.25) is 0 Å². The molecule has 6 heteroatoms. The predicted octanol–water partition coefficient (Wildman–Crippen LogP) is 3.27. The summed E-state index contributed by atoms with van der Waals surface area (Å²) in [6, 6.07) is 6.85. The number of benzene rings is 1. The number of amides is 1. The molecule has 1 amide bonds. The van der Waals surface area contributed by atoms with Crippen LogP contribution in [0.25, 0.3) is 0 Å². The van der Waals surface area contributed by atoms with Crippen molar-refractivity contribution in [2.45, 2.75) is 51.7 Å². The summed E-state index contributed by atoms with van der Waals surface area (Å²) in [4.78, 5) is 16.6. The number of halogens is 1. The Labute approximate surface area is 168 Å². The molecule has 1 aromatic rings. The minimum Gasteiger partial charge on any atom is -0.444 e. The van der Waals surface area contributed by atoms with Crippen LogP contribution in [0, 0.1) is 17.7 Å². The lowest BCUT2D eigenvalue weighted by atomic mass is 9.90. The molecular formula is C22H34FN3O2. The largest absolute Gasteiger partial charge is 0.444 e. The lowest BCUT2D eigenvalue weighted by molar-refractivity contribution is 0.0282. The topological polar surface area (TPSA) is 58.8 Å². The smallest absolute Gasteiger partial charge is 0.410 e. The van der Waals surface area contributed by atoms with Gasteiger partial charge in [-0.3, -0.25) is 0 Å². The van der Waals surface area contributed by atoms with Gasteiger partial charge in [0.05, 0.1) is 0 Å². The standard InChI is InChI=1S/C22H34FN3O2/c1-22(2,3)28-21(27)26-14-18(20(24)15-26)13-25-10-4-5-17(12-25)11-16-6-8-19(23)9-7-16/h6-9,17-18,20H,4-5,10-15,24H2,1-3H3/t17?,18-,20+/m0/s1. The SMILES string of the molecule is CC(C)(C)OC(=O)N1C[C@H](CN2CCCC(Cc3ccc(F)cc3)C2)[C@H](N)C1. The number of likely N-dealkylation sites (tertiary alicyclic amines) is 2. The molecule has 0 spiro atoms. The highest BCUT2D eigenvalue weighted by molar-refractivity contribution is 5.68. The van der Waals surface area contributed by atoms with Gasteiger partial charge in [-0.2, -0.15) is 0 Å². The number of carbonyl (C=O) groups excluding carboxylic acids is 1. The Kier molecular flexibility index (Phi) is 6.61. The van der Waals surface area contributed by atoms with E-state index in [0.29, 0.717) is 19.0 Å². The van der Waals surface area contributed by atoms with Crippen LogP contribution in [0.2, 0.25) is 0 Å². The van der Waals surface area contributed by atoms with Gasteiger partial charge in [-0.15, -0.1) is 0 Å². The Morgan fingerprint density at radius 3 is 2.61 bits per heavy atom. The van der Waals surface area contributed by atoms with Crippen molar-refractivity contribution in [1.82, 2.24) is 9.80 Å². The maximum absolute atomic E-state index is 13.1. The maximum atomic E-state index is 13.1. The van der Waals surface area contributed by atoms with E-state index < -0.39 is 5.60 Å². The minimum atomic E-state index is -0.486. The van der Waals surface area contributed by atoms with E-state index in [9.17, 15) is 9.18 Å². The number of rotatable bonds is 4. The van der Waals surface area contributed by atoms with Gasteiger partial charge in [0, 0.05) is 38.1 Å². The Balaban J connectivity index is 1.50. The fraction of sp³-hybridized carbons (Fsp3) is 0.682. The van der Waals surface area contributed by atoms with Gasteiger partial charge in [0.25, 0.3) is 0 Å². The van der Waals surface area contributed by atoms with Crippen LogP contribution < -0.4 is 5.73 Å². The van der Waals surface area contributed by atoms with Crippen LogP contribution in [0.5, 0.6) is 0 Å². The summed E-state index contributed by atoms with van der Waals surface area (Å²) >= 11 is 0. The first-order chi connectivity index (χ1) is 13.2. The molecule has 2 N–H and O–H groups in total. The van der Waals surface area contributed by atoms with Crippen molar-refractivity contribution in [3.8, 4) is 0 Å². The molecule has 0 saturated carbocycles. The van der Waals surface area contributed by atoms with Gasteiger partial charge >= 0.3 is 6.09 Å². The van der Waals surface area contributed by atoms with Gasteiger partial charge in [-0.1, -0.05) is 12.1 Å². The predicted molar refractivity (Wildman–Crippen MR) is 109 cm³/mol. The summed E-state index contributed by atoms with van der Waals surface area (Å²) in [5.74, 6) is 0.676. The molecule has 3 rings (SSSR count). The summed E-state index contributed by atoms with van der Waals surface area (Å²) in [5.41, 5.74) is 7.06. The number of hydrogen-bond acceptors (Lipinski definition) is 4. The molecule has 2 saturated heterocycles. The lowest BCUT2D eigenvalue weighted by Crippen LogP contribution is -2.43. The van der Waals surface area contributed by atoms with Crippen LogP contribution in [0.15, 0.2) is 24.3 Å². The van der Waals surface area contributed by atoms with E-state index in [0.717, 1.165) is 26.1 Å². The molecule has 5 nitrogen and oxygen atoms in total. The number of carbonyl (C=O) groups is 1. The first-order valence-electron chi connectivity index (χ1n) is 10.4. The molecule has 0 aromatic heterocycles. The number of nitrogens with two attached hydrogens (primary N) is 1. The third kappa shape index (κ3) is 5.92. The van der Waals surface area contributed by atoms with Crippen LogP contribution in [0.4, 0.5) is 9.18 Å². The monoisotopic (exact) mass is 391 g/mol. The molecule has 0 radical (unpaired) electrons. The number of piperidine rings is 1. The average molecular weight is 392 g/mol. The number of nitrogens with zero attached hydrogens (tertiary/aromatic N) is 2. The Morgan fingerprint density at radius 2 is 1.93 bits per heavy atom. The van der Waals surface area contributed by atoms with Gasteiger partial charge in [0.15, 0.2) is 0 Å². The van der Waals surface area contributed by atoms with Crippen LogP contribution in [-0.4, -0.2) is 60.3 Å². The second-order valence-corrected chi connectivity index (χ2v) is 9.41. The Morgan fingerprint density at radius 1 is 1.21 bits per heavy atom. The van der Waals surface area contributed by atoms with Crippen molar-refractivity contribution in [2.75, 3.05) is 32.7 Å².